The molecule has 27 heavy (non-hydrogen) atoms. The van der Waals surface area contributed by atoms with Gasteiger partial charge >= 0.3 is 5.97 Å². The Kier molecular flexibility index (Phi) is 4.60. The first-order valence-corrected chi connectivity index (χ1v) is 9.47. The second-order valence-electron chi connectivity index (χ2n) is 7.98. The molecule has 0 aliphatic carbocycles. The predicted molar refractivity (Wildman–Crippen MR) is 98.0 cm³/mol. The number of hydrogen-bond donors (Lipinski definition) is 2. The van der Waals surface area contributed by atoms with Gasteiger partial charge < -0.3 is 19.9 Å². The van der Waals surface area contributed by atoms with Gasteiger partial charge in [-0.1, -0.05) is 0 Å². The van der Waals surface area contributed by atoms with E-state index in [4.69, 9.17) is 14.6 Å². The molecular formula is C20H26N2O5. The highest BCUT2D eigenvalue weighted by Gasteiger charge is 2.62. The molecule has 146 valence electrons. The molecule has 4 rings (SSSR count). The Morgan fingerprint density at radius 1 is 1.44 bits per heavy atom. The number of nitrogens with zero attached hydrogens (tertiary/aromatic N) is 1. The maximum atomic E-state index is 12.6. The second kappa shape index (κ2) is 6.80. The van der Waals surface area contributed by atoms with Gasteiger partial charge in [-0.25, -0.2) is 0 Å². The molecule has 1 aromatic rings. The topological polar surface area (TPSA) is 88.1 Å². The van der Waals surface area contributed by atoms with E-state index in [1.165, 1.54) is 0 Å². The predicted octanol–water partition coefficient (Wildman–Crippen LogP) is 1.30. The number of aryl methyl sites for hydroxylation is 1. The molecule has 4 atom stereocenters. The number of fused-ring (bicyclic) bond motifs is 1. The molecule has 2 N–H and O–H groups in total. The first-order valence-electron chi connectivity index (χ1n) is 9.47. The zero-order chi connectivity index (χ0) is 19.2. The van der Waals surface area contributed by atoms with Crippen LogP contribution in [0.1, 0.15) is 28.8 Å². The van der Waals surface area contributed by atoms with Crippen LogP contribution in [0, 0.1) is 18.8 Å². The third kappa shape index (κ3) is 3.19. The molecule has 1 amide bonds. The molecule has 3 aliphatic heterocycles. The third-order valence-corrected chi connectivity index (χ3v) is 6.39. The van der Waals surface area contributed by atoms with Crippen LogP contribution in [0.4, 0.5) is 0 Å². The van der Waals surface area contributed by atoms with Crippen molar-refractivity contribution in [3.63, 3.8) is 0 Å². The standard InChI is InChI=1S/C20H26N2O5/c1-12-7-13(26-2)3-4-14(12)19(25)21-8-15-16-9-22(10-18(23)24)11-20(16)6-5-17(15)27-20/h3-4,7,15-17H,5-6,8-11H2,1-2H3,(H,21,25)(H,23,24)/t15-,16+,17+,20+/m0/s1. The van der Waals surface area contributed by atoms with Crippen LogP contribution in [-0.4, -0.2) is 66.9 Å². The Morgan fingerprint density at radius 3 is 2.96 bits per heavy atom. The Balaban J connectivity index is 1.41. The Bertz CT molecular complexity index is 767. The van der Waals surface area contributed by atoms with E-state index < -0.39 is 5.97 Å². The maximum Gasteiger partial charge on any atom is 0.317 e. The minimum absolute atomic E-state index is 0.0520. The zero-order valence-electron chi connectivity index (χ0n) is 15.7. The molecule has 3 saturated heterocycles. The number of hydrogen-bond acceptors (Lipinski definition) is 5. The quantitative estimate of drug-likeness (QED) is 0.780. The van der Waals surface area contributed by atoms with Gasteiger partial charge in [-0.3, -0.25) is 14.5 Å². The highest BCUT2D eigenvalue weighted by Crippen LogP contribution is 2.54. The van der Waals surface area contributed by atoms with E-state index in [2.05, 4.69) is 5.32 Å². The number of aliphatic carboxylic acids is 1. The van der Waals surface area contributed by atoms with Gasteiger partial charge in [0.05, 0.1) is 25.4 Å². The van der Waals surface area contributed by atoms with Crippen LogP contribution in [0.25, 0.3) is 0 Å². The van der Waals surface area contributed by atoms with Gasteiger partial charge in [-0.15, -0.1) is 0 Å². The van der Waals surface area contributed by atoms with Crippen molar-refractivity contribution < 1.29 is 24.2 Å². The molecule has 1 spiro atoms. The molecule has 0 unspecified atom stereocenters. The lowest BCUT2D eigenvalue weighted by Crippen LogP contribution is -2.42. The average Bonchev–Trinajstić information content (AvgIpc) is 3.26. The number of carbonyl (C=O) groups excluding carboxylic acids is 1. The highest BCUT2D eigenvalue weighted by atomic mass is 16.5. The van der Waals surface area contributed by atoms with Crippen LogP contribution in [0.15, 0.2) is 18.2 Å². The summed E-state index contributed by atoms with van der Waals surface area (Å²) in [7, 11) is 1.61. The fourth-order valence-corrected chi connectivity index (χ4v) is 5.20. The minimum atomic E-state index is -0.805. The van der Waals surface area contributed by atoms with E-state index in [9.17, 15) is 9.59 Å². The van der Waals surface area contributed by atoms with Crippen LogP contribution in [-0.2, 0) is 9.53 Å². The molecule has 3 heterocycles. The SMILES string of the molecule is COc1ccc(C(=O)NC[C@H]2[C@H]3CN(CC(=O)O)C[C@]34CC[C@H]2O4)c(C)c1. The van der Waals surface area contributed by atoms with Crippen LogP contribution < -0.4 is 10.1 Å². The molecule has 7 nitrogen and oxygen atoms in total. The van der Waals surface area contributed by atoms with Crippen molar-refractivity contribution in [3.05, 3.63) is 29.3 Å². The molecule has 3 fully saturated rings. The molecule has 1 aromatic carbocycles. The average molecular weight is 374 g/mol. The summed E-state index contributed by atoms with van der Waals surface area (Å²) in [6, 6.07) is 5.43. The van der Waals surface area contributed by atoms with Crippen LogP contribution in [0.5, 0.6) is 5.75 Å². The highest BCUT2D eigenvalue weighted by molar-refractivity contribution is 5.95. The second-order valence-corrected chi connectivity index (χ2v) is 7.98. The van der Waals surface area contributed by atoms with E-state index in [1.54, 1.807) is 19.2 Å². The minimum Gasteiger partial charge on any atom is -0.497 e. The molecule has 7 heteroatoms. The van der Waals surface area contributed by atoms with Crippen molar-refractivity contribution in [2.24, 2.45) is 11.8 Å². The summed E-state index contributed by atoms with van der Waals surface area (Å²) in [6.45, 7) is 3.92. The van der Waals surface area contributed by atoms with Crippen molar-refractivity contribution in [3.8, 4) is 5.75 Å². The van der Waals surface area contributed by atoms with Gasteiger partial charge in [0.15, 0.2) is 0 Å². The van der Waals surface area contributed by atoms with Crippen molar-refractivity contribution >= 4 is 11.9 Å². The van der Waals surface area contributed by atoms with E-state index in [0.29, 0.717) is 18.7 Å². The van der Waals surface area contributed by atoms with E-state index in [0.717, 1.165) is 30.7 Å². The number of carboxylic acid groups (broad SMARTS) is 1. The van der Waals surface area contributed by atoms with Gasteiger partial charge in [-0.05, 0) is 43.5 Å². The van der Waals surface area contributed by atoms with Gasteiger partial charge in [0.1, 0.15) is 5.75 Å². The molecule has 0 radical (unpaired) electrons. The maximum absolute atomic E-state index is 12.6. The van der Waals surface area contributed by atoms with Gasteiger partial charge in [0.2, 0.25) is 0 Å². The molecule has 3 aliphatic rings. The number of ether oxygens (including phenoxy) is 2. The molecule has 0 aromatic heterocycles. The number of carbonyl (C=O) groups is 2. The fraction of sp³-hybridized carbons (Fsp3) is 0.600. The zero-order valence-corrected chi connectivity index (χ0v) is 15.7. The van der Waals surface area contributed by atoms with Gasteiger partial charge in [-0.2, -0.15) is 0 Å². The lowest BCUT2D eigenvalue weighted by Gasteiger charge is -2.29. The number of amides is 1. The lowest BCUT2D eigenvalue weighted by atomic mass is 9.73. The summed E-state index contributed by atoms with van der Waals surface area (Å²) in [5, 5.41) is 12.2. The number of benzene rings is 1. The summed E-state index contributed by atoms with van der Waals surface area (Å²) in [4.78, 5) is 25.7. The van der Waals surface area contributed by atoms with Crippen molar-refractivity contribution in [1.29, 1.82) is 0 Å². The van der Waals surface area contributed by atoms with Crippen molar-refractivity contribution in [2.45, 2.75) is 31.5 Å². The molecule has 2 bridgehead atoms. The van der Waals surface area contributed by atoms with E-state index in [1.807, 2.05) is 17.9 Å². The van der Waals surface area contributed by atoms with Crippen LogP contribution in [0.3, 0.4) is 0 Å². The smallest absolute Gasteiger partial charge is 0.317 e. The Morgan fingerprint density at radius 2 is 2.26 bits per heavy atom. The third-order valence-electron chi connectivity index (χ3n) is 6.39. The fourth-order valence-electron chi connectivity index (χ4n) is 5.20. The molecule has 0 saturated carbocycles. The van der Waals surface area contributed by atoms with E-state index in [-0.39, 0.29) is 36.0 Å². The number of likely N-dealkylation sites (tertiary alicyclic amines) is 1. The molecular weight excluding hydrogens is 348 g/mol. The monoisotopic (exact) mass is 374 g/mol. The summed E-state index contributed by atoms with van der Waals surface area (Å²) in [6.07, 6.45) is 2.14. The number of rotatable bonds is 6. The van der Waals surface area contributed by atoms with Crippen LogP contribution >= 0.6 is 0 Å². The first kappa shape index (κ1) is 18.3. The largest absolute Gasteiger partial charge is 0.497 e. The summed E-state index contributed by atoms with van der Waals surface area (Å²) >= 11 is 0. The first-order chi connectivity index (χ1) is 12.9. The number of nitrogens with one attached hydrogen (secondary N) is 1. The van der Waals surface area contributed by atoms with Crippen molar-refractivity contribution in [1.82, 2.24) is 10.2 Å². The summed E-state index contributed by atoms with van der Waals surface area (Å²) in [5.41, 5.74) is 1.31. The summed E-state index contributed by atoms with van der Waals surface area (Å²) in [5.74, 6) is 0.359. The lowest BCUT2D eigenvalue weighted by molar-refractivity contribution is -0.138. The Labute approximate surface area is 158 Å². The summed E-state index contributed by atoms with van der Waals surface area (Å²) < 4.78 is 11.5. The number of carboxylic acids is 1. The number of methoxy groups -OCH3 is 1. The van der Waals surface area contributed by atoms with Gasteiger partial charge in [0.25, 0.3) is 5.91 Å². The Hall–Kier alpha value is -2.12. The van der Waals surface area contributed by atoms with Crippen LogP contribution in [0.2, 0.25) is 0 Å². The van der Waals surface area contributed by atoms with Crippen molar-refractivity contribution in [2.75, 3.05) is 33.3 Å². The van der Waals surface area contributed by atoms with E-state index >= 15 is 0 Å². The normalized spacial score (nSPS) is 31.7. The van der Waals surface area contributed by atoms with Gasteiger partial charge in [0, 0.05) is 37.0 Å².